The number of hydrogen-bond donors (Lipinski definition) is 2. The number of nitrogens with zero attached hydrogens (tertiary/aromatic N) is 2. The summed E-state index contributed by atoms with van der Waals surface area (Å²) in [4.78, 5) is 30.3. The Labute approximate surface area is 165 Å². The van der Waals surface area contributed by atoms with E-state index < -0.39 is 0 Å². The van der Waals surface area contributed by atoms with Gasteiger partial charge in [-0.15, -0.1) is 0 Å². The summed E-state index contributed by atoms with van der Waals surface area (Å²) in [6.07, 6.45) is 8.42. The number of hydrogen-bond acceptors (Lipinski definition) is 3. The molecule has 2 aromatic rings. The van der Waals surface area contributed by atoms with Gasteiger partial charge in [-0.3, -0.25) is 9.59 Å². The summed E-state index contributed by atoms with van der Waals surface area (Å²) in [5.74, 6) is -0.00714. The van der Waals surface area contributed by atoms with Crippen molar-refractivity contribution < 1.29 is 9.59 Å². The van der Waals surface area contributed by atoms with Gasteiger partial charge in [-0.05, 0) is 56.7 Å². The van der Waals surface area contributed by atoms with E-state index >= 15 is 0 Å². The maximum atomic E-state index is 12.9. The summed E-state index contributed by atoms with van der Waals surface area (Å²) in [6.45, 7) is 2.73. The van der Waals surface area contributed by atoms with E-state index in [1.54, 1.807) is 0 Å². The molecule has 1 fully saturated rings. The number of amides is 2. The Hall–Kier alpha value is -2.63. The van der Waals surface area contributed by atoms with Crippen molar-refractivity contribution in [3.63, 3.8) is 0 Å². The zero-order chi connectivity index (χ0) is 19.5. The Morgan fingerprint density at radius 1 is 1.07 bits per heavy atom. The van der Waals surface area contributed by atoms with Gasteiger partial charge in [0.15, 0.2) is 11.5 Å². The third kappa shape index (κ3) is 3.96. The van der Waals surface area contributed by atoms with Crippen molar-refractivity contribution in [2.45, 2.75) is 70.9 Å². The first-order chi connectivity index (χ1) is 13.6. The second-order valence-corrected chi connectivity index (χ2v) is 7.97. The molecule has 148 valence electrons. The van der Waals surface area contributed by atoms with Gasteiger partial charge in [0, 0.05) is 18.3 Å². The number of nitrogens with one attached hydrogen (secondary N) is 2. The van der Waals surface area contributed by atoms with Gasteiger partial charge in [0.05, 0.1) is 5.69 Å². The normalized spacial score (nSPS) is 17.0. The maximum Gasteiger partial charge on any atom is 0.287 e. The van der Waals surface area contributed by atoms with Crippen molar-refractivity contribution in [3.8, 4) is 0 Å². The lowest BCUT2D eigenvalue weighted by molar-refractivity contribution is 0.0911. The highest BCUT2D eigenvalue weighted by Crippen LogP contribution is 2.23. The molecule has 1 aromatic carbocycles. The fourth-order valence-corrected chi connectivity index (χ4v) is 4.31. The fraction of sp³-hybridized carbons (Fsp3) is 0.500. The molecular formula is C22H28N4O2. The van der Waals surface area contributed by atoms with Gasteiger partial charge in [-0.25, -0.2) is 4.98 Å². The summed E-state index contributed by atoms with van der Waals surface area (Å²) in [6, 6.07) is 7.92. The molecule has 0 unspecified atom stereocenters. The maximum absolute atomic E-state index is 12.9. The molecule has 2 heterocycles. The van der Waals surface area contributed by atoms with E-state index in [0.29, 0.717) is 11.5 Å². The van der Waals surface area contributed by atoms with Crippen LogP contribution in [0.2, 0.25) is 0 Å². The number of aromatic nitrogens is 2. The van der Waals surface area contributed by atoms with E-state index in [0.717, 1.165) is 68.4 Å². The Kier molecular flexibility index (Phi) is 5.46. The summed E-state index contributed by atoms with van der Waals surface area (Å²) in [5, 5.41) is 6.08. The Balaban J connectivity index is 1.57. The third-order valence-electron chi connectivity index (χ3n) is 5.75. The summed E-state index contributed by atoms with van der Waals surface area (Å²) < 4.78 is 1.95. The average Bonchev–Trinajstić information content (AvgIpc) is 3.09. The number of benzene rings is 1. The predicted molar refractivity (Wildman–Crippen MR) is 109 cm³/mol. The van der Waals surface area contributed by atoms with Crippen LogP contribution in [0.1, 0.15) is 77.3 Å². The SMILES string of the molecule is Cc1cccc(NC(=O)c2nc(C(=O)NC3CCCCC3)n3c2CCCC3)c1. The van der Waals surface area contributed by atoms with Crippen molar-refractivity contribution >= 4 is 17.5 Å². The number of anilines is 1. The average molecular weight is 380 g/mol. The summed E-state index contributed by atoms with van der Waals surface area (Å²) in [7, 11) is 0. The van der Waals surface area contributed by atoms with E-state index in [-0.39, 0.29) is 17.9 Å². The molecule has 1 saturated carbocycles. The number of rotatable bonds is 4. The van der Waals surface area contributed by atoms with Crippen LogP contribution in [0.15, 0.2) is 24.3 Å². The van der Waals surface area contributed by atoms with Gasteiger partial charge in [0.25, 0.3) is 11.8 Å². The topological polar surface area (TPSA) is 76.0 Å². The molecule has 2 amide bonds. The molecule has 0 saturated heterocycles. The predicted octanol–water partition coefficient (Wildman–Crippen LogP) is 3.84. The molecule has 0 spiro atoms. The van der Waals surface area contributed by atoms with Crippen LogP contribution in [0.3, 0.4) is 0 Å². The first-order valence-electron chi connectivity index (χ1n) is 10.4. The van der Waals surface area contributed by atoms with Crippen LogP contribution in [0.5, 0.6) is 0 Å². The van der Waals surface area contributed by atoms with Crippen LogP contribution >= 0.6 is 0 Å². The largest absolute Gasteiger partial charge is 0.347 e. The van der Waals surface area contributed by atoms with Crippen LogP contribution in [-0.2, 0) is 13.0 Å². The molecule has 0 bridgehead atoms. The Morgan fingerprint density at radius 2 is 1.89 bits per heavy atom. The number of carbonyl (C=O) groups is 2. The highest BCUT2D eigenvalue weighted by Gasteiger charge is 2.28. The molecule has 2 aliphatic rings. The Morgan fingerprint density at radius 3 is 2.68 bits per heavy atom. The molecule has 2 N–H and O–H groups in total. The molecule has 1 aliphatic heterocycles. The molecule has 1 aliphatic carbocycles. The van der Waals surface area contributed by atoms with E-state index in [2.05, 4.69) is 15.6 Å². The van der Waals surface area contributed by atoms with Crippen LogP contribution in [0.4, 0.5) is 5.69 Å². The van der Waals surface area contributed by atoms with Crippen molar-refractivity contribution in [1.82, 2.24) is 14.9 Å². The van der Waals surface area contributed by atoms with Crippen LogP contribution in [0.25, 0.3) is 0 Å². The van der Waals surface area contributed by atoms with Crippen molar-refractivity contribution in [3.05, 3.63) is 47.0 Å². The monoisotopic (exact) mass is 380 g/mol. The number of aryl methyl sites for hydroxylation is 1. The third-order valence-corrected chi connectivity index (χ3v) is 5.75. The highest BCUT2D eigenvalue weighted by molar-refractivity contribution is 6.05. The van der Waals surface area contributed by atoms with E-state index in [9.17, 15) is 9.59 Å². The summed E-state index contributed by atoms with van der Waals surface area (Å²) >= 11 is 0. The zero-order valence-electron chi connectivity index (χ0n) is 16.5. The Bertz CT molecular complexity index is 881. The molecule has 6 nitrogen and oxygen atoms in total. The first-order valence-corrected chi connectivity index (χ1v) is 10.4. The second-order valence-electron chi connectivity index (χ2n) is 7.97. The lowest BCUT2D eigenvalue weighted by Gasteiger charge is -2.23. The fourth-order valence-electron chi connectivity index (χ4n) is 4.31. The van der Waals surface area contributed by atoms with Crippen LogP contribution in [-0.4, -0.2) is 27.4 Å². The van der Waals surface area contributed by atoms with Crippen molar-refractivity contribution in [1.29, 1.82) is 0 Å². The molecule has 6 heteroatoms. The van der Waals surface area contributed by atoms with E-state index in [4.69, 9.17) is 0 Å². The first kappa shape index (κ1) is 18.7. The van der Waals surface area contributed by atoms with Crippen LogP contribution in [0, 0.1) is 6.92 Å². The van der Waals surface area contributed by atoms with Crippen molar-refractivity contribution in [2.75, 3.05) is 5.32 Å². The van der Waals surface area contributed by atoms with Gasteiger partial charge >= 0.3 is 0 Å². The highest BCUT2D eigenvalue weighted by atomic mass is 16.2. The van der Waals surface area contributed by atoms with Gasteiger partial charge < -0.3 is 15.2 Å². The lowest BCUT2D eigenvalue weighted by atomic mass is 9.95. The van der Waals surface area contributed by atoms with Gasteiger partial charge in [-0.1, -0.05) is 31.4 Å². The van der Waals surface area contributed by atoms with Gasteiger partial charge in [-0.2, -0.15) is 0 Å². The van der Waals surface area contributed by atoms with Crippen molar-refractivity contribution in [2.24, 2.45) is 0 Å². The number of fused-ring (bicyclic) bond motifs is 1. The number of imidazole rings is 1. The minimum Gasteiger partial charge on any atom is -0.347 e. The van der Waals surface area contributed by atoms with Crippen LogP contribution < -0.4 is 10.6 Å². The minimum atomic E-state index is -0.243. The molecule has 4 rings (SSSR count). The van der Waals surface area contributed by atoms with E-state index in [1.165, 1.54) is 6.42 Å². The molecule has 28 heavy (non-hydrogen) atoms. The summed E-state index contributed by atoms with van der Waals surface area (Å²) in [5.41, 5.74) is 3.09. The van der Waals surface area contributed by atoms with E-state index in [1.807, 2.05) is 35.8 Å². The van der Waals surface area contributed by atoms with Gasteiger partial charge in [0.1, 0.15) is 0 Å². The molecule has 0 atom stereocenters. The standard InChI is InChI=1S/C22H28N4O2/c1-15-8-7-11-17(14-15)24-21(27)19-18-12-5-6-13-26(18)20(25-19)22(28)23-16-9-3-2-4-10-16/h7-8,11,14,16H,2-6,9-10,12-13H2,1H3,(H,23,28)(H,24,27). The second kappa shape index (κ2) is 8.17. The lowest BCUT2D eigenvalue weighted by Crippen LogP contribution is -2.37. The molecule has 1 aromatic heterocycles. The molecule has 0 radical (unpaired) electrons. The number of carbonyl (C=O) groups excluding carboxylic acids is 2. The smallest absolute Gasteiger partial charge is 0.287 e. The van der Waals surface area contributed by atoms with Gasteiger partial charge in [0.2, 0.25) is 0 Å². The minimum absolute atomic E-state index is 0.148. The zero-order valence-corrected chi connectivity index (χ0v) is 16.5. The quantitative estimate of drug-likeness (QED) is 0.846. The molecular weight excluding hydrogens is 352 g/mol.